The van der Waals surface area contributed by atoms with Crippen LogP contribution >= 0.6 is 11.3 Å². The third-order valence-corrected chi connectivity index (χ3v) is 5.32. The number of anilines is 2. The summed E-state index contributed by atoms with van der Waals surface area (Å²) in [4.78, 5) is 34.9. The molecule has 174 valence electrons. The second kappa shape index (κ2) is 8.94. The van der Waals surface area contributed by atoms with E-state index in [-0.39, 0.29) is 28.7 Å². The number of thiazole rings is 1. The number of carbonyl (C=O) groups is 2. The molecule has 0 aliphatic carbocycles. The van der Waals surface area contributed by atoms with Gasteiger partial charge in [0.1, 0.15) is 11.8 Å². The Hall–Kier alpha value is -4.26. The molecule has 4 rings (SSSR count). The highest BCUT2D eigenvalue weighted by Gasteiger charge is 2.31. The molecule has 34 heavy (non-hydrogen) atoms. The lowest BCUT2D eigenvalue weighted by molar-refractivity contribution is -0.137. The molecular weight excluding hydrogens is 475 g/mol. The van der Waals surface area contributed by atoms with Crippen LogP contribution in [-0.2, 0) is 11.0 Å². The van der Waals surface area contributed by atoms with Gasteiger partial charge in [-0.1, -0.05) is 23.5 Å². The van der Waals surface area contributed by atoms with Crippen molar-refractivity contribution >= 4 is 44.4 Å². The van der Waals surface area contributed by atoms with Crippen molar-refractivity contribution in [3.63, 3.8) is 0 Å². The largest absolute Gasteiger partial charge is 0.465 e. The van der Waals surface area contributed by atoms with Crippen LogP contribution in [0.3, 0.4) is 0 Å². The highest BCUT2D eigenvalue weighted by Crippen LogP contribution is 2.37. The van der Waals surface area contributed by atoms with Crippen molar-refractivity contribution in [3.05, 3.63) is 54.4 Å². The molecule has 0 saturated carbocycles. The number of hydrogen-bond acceptors (Lipinski definition) is 7. The van der Waals surface area contributed by atoms with Crippen molar-refractivity contribution in [1.29, 1.82) is 0 Å². The third kappa shape index (κ3) is 5.04. The topological polar surface area (TPSA) is 126 Å². The molecule has 0 saturated heterocycles. The number of amides is 2. The lowest BCUT2D eigenvalue weighted by Crippen LogP contribution is -2.11. The van der Waals surface area contributed by atoms with Crippen molar-refractivity contribution in [2.24, 2.45) is 0 Å². The summed E-state index contributed by atoms with van der Waals surface area (Å²) < 4.78 is 45.9. The SMILES string of the molecule is CC(=O)Nc1nc2c(Oc3cc(-c4ccc(C(F)(F)F)cc4NC(=O)O)ncn3)cccc2s1. The average molecular weight is 489 g/mol. The molecule has 0 fully saturated rings. The van der Waals surface area contributed by atoms with E-state index in [1.54, 1.807) is 18.2 Å². The van der Waals surface area contributed by atoms with Gasteiger partial charge in [0.2, 0.25) is 11.8 Å². The minimum atomic E-state index is -4.66. The smallest absolute Gasteiger partial charge is 0.416 e. The highest BCUT2D eigenvalue weighted by molar-refractivity contribution is 7.22. The quantitative estimate of drug-likeness (QED) is 0.332. The van der Waals surface area contributed by atoms with Crippen LogP contribution in [0.1, 0.15) is 12.5 Å². The monoisotopic (exact) mass is 489 g/mol. The van der Waals surface area contributed by atoms with E-state index in [9.17, 15) is 22.8 Å². The van der Waals surface area contributed by atoms with Crippen molar-refractivity contribution in [1.82, 2.24) is 15.0 Å². The molecule has 0 aliphatic heterocycles. The fourth-order valence-electron chi connectivity index (χ4n) is 3.03. The molecule has 0 radical (unpaired) electrons. The first-order valence-corrected chi connectivity index (χ1v) is 10.3. The third-order valence-electron chi connectivity index (χ3n) is 4.39. The molecule has 0 atom stereocenters. The van der Waals surface area contributed by atoms with Crippen LogP contribution in [0.25, 0.3) is 21.5 Å². The maximum Gasteiger partial charge on any atom is 0.416 e. The van der Waals surface area contributed by atoms with E-state index in [1.807, 2.05) is 5.32 Å². The number of fused-ring (bicyclic) bond motifs is 1. The molecule has 0 aliphatic rings. The van der Waals surface area contributed by atoms with Crippen LogP contribution in [0.4, 0.5) is 28.8 Å². The molecule has 2 aromatic heterocycles. The van der Waals surface area contributed by atoms with E-state index in [0.717, 1.165) is 23.2 Å². The van der Waals surface area contributed by atoms with Gasteiger partial charge in [-0.3, -0.25) is 10.1 Å². The Kier molecular flexibility index (Phi) is 6.03. The van der Waals surface area contributed by atoms with Crippen molar-refractivity contribution in [2.45, 2.75) is 13.1 Å². The normalized spacial score (nSPS) is 11.3. The maximum absolute atomic E-state index is 13.1. The highest BCUT2D eigenvalue weighted by atomic mass is 32.1. The Morgan fingerprint density at radius 1 is 1.09 bits per heavy atom. The number of rotatable bonds is 5. The molecule has 2 heterocycles. The number of carbonyl (C=O) groups excluding carboxylic acids is 1. The molecule has 3 N–H and O–H groups in total. The summed E-state index contributed by atoms with van der Waals surface area (Å²) in [5, 5.41) is 14.0. The van der Waals surface area contributed by atoms with Gasteiger partial charge in [-0.2, -0.15) is 13.2 Å². The van der Waals surface area contributed by atoms with Crippen LogP contribution in [0.15, 0.2) is 48.8 Å². The molecule has 2 aromatic carbocycles. The summed E-state index contributed by atoms with van der Waals surface area (Å²) in [6.45, 7) is 1.36. The first kappa shape index (κ1) is 22.9. The lowest BCUT2D eigenvalue weighted by Gasteiger charge is -2.13. The molecule has 0 bridgehead atoms. The molecule has 0 unspecified atom stereocenters. The minimum absolute atomic E-state index is 0.0488. The van der Waals surface area contributed by atoms with Gasteiger partial charge in [0.25, 0.3) is 0 Å². The first-order chi connectivity index (χ1) is 16.1. The van der Waals surface area contributed by atoms with Crippen LogP contribution in [0.2, 0.25) is 0 Å². The van der Waals surface area contributed by atoms with Crippen molar-refractivity contribution in [2.75, 3.05) is 10.6 Å². The Balaban J connectivity index is 1.70. The number of nitrogens with zero attached hydrogens (tertiary/aromatic N) is 3. The summed E-state index contributed by atoms with van der Waals surface area (Å²) in [7, 11) is 0. The first-order valence-electron chi connectivity index (χ1n) is 9.49. The summed E-state index contributed by atoms with van der Waals surface area (Å²) in [6, 6.07) is 9.13. The van der Waals surface area contributed by atoms with E-state index >= 15 is 0 Å². The number of hydrogen-bond donors (Lipinski definition) is 3. The number of benzene rings is 2. The number of para-hydroxylation sites is 1. The Bertz CT molecular complexity index is 1410. The fourth-order valence-corrected chi connectivity index (χ4v) is 3.96. The summed E-state index contributed by atoms with van der Waals surface area (Å²) in [5.74, 6) is 0.100. The van der Waals surface area contributed by atoms with Crippen LogP contribution in [-0.4, -0.2) is 32.1 Å². The van der Waals surface area contributed by atoms with E-state index in [2.05, 4.69) is 20.3 Å². The number of ether oxygens (including phenoxy) is 1. The predicted octanol–water partition coefficient (Wildman–Crippen LogP) is 5.61. The summed E-state index contributed by atoms with van der Waals surface area (Å²) >= 11 is 1.25. The predicted molar refractivity (Wildman–Crippen MR) is 118 cm³/mol. The van der Waals surface area contributed by atoms with Gasteiger partial charge in [0.15, 0.2) is 10.9 Å². The molecule has 4 aromatic rings. The number of alkyl halides is 3. The van der Waals surface area contributed by atoms with Crippen LogP contribution in [0, 0.1) is 0 Å². The van der Waals surface area contributed by atoms with Crippen molar-refractivity contribution < 1.29 is 32.6 Å². The number of aromatic nitrogens is 3. The molecule has 13 heteroatoms. The lowest BCUT2D eigenvalue weighted by atomic mass is 10.1. The van der Waals surface area contributed by atoms with Gasteiger partial charge < -0.3 is 15.2 Å². The van der Waals surface area contributed by atoms with Crippen LogP contribution < -0.4 is 15.4 Å². The van der Waals surface area contributed by atoms with E-state index in [0.29, 0.717) is 22.5 Å². The maximum atomic E-state index is 13.1. The standard InChI is InChI=1S/C21H14F3N5O4S/c1-10(30)27-19-29-18-15(3-2-4-16(18)34-19)33-17-8-13(25-9-26-17)12-6-5-11(21(22,23)24)7-14(12)28-20(31)32/h2-9,28H,1H3,(H,31,32)(H,27,29,30). The second-order valence-electron chi connectivity index (χ2n) is 6.83. The van der Waals surface area contributed by atoms with Crippen molar-refractivity contribution in [3.8, 4) is 22.9 Å². The molecular formula is C21H14F3N5O4S. The Morgan fingerprint density at radius 3 is 2.59 bits per heavy atom. The molecule has 0 spiro atoms. The van der Waals surface area contributed by atoms with Gasteiger partial charge in [0.05, 0.1) is 21.6 Å². The summed E-state index contributed by atoms with van der Waals surface area (Å²) in [6.07, 6.45) is -5.05. The second-order valence-corrected chi connectivity index (χ2v) is 7.87. The van der Waals surface area contributed by atoms with E-state index in [1.165, 1.54) is 24.3 Å². The van der Waals surface area contributed by atoms with Gasteiger partial charge in [-0.05, 0) is 24.3 Å². The average Bonchev–Trinajstić information content (AvgIpc) is 3.15. The van der Waals surface area contributed by atoms with Gasteiger partial charge in [-0.15, -0.1) is 0 Å². The van der Waals surface area contributed by atoms with Gasteiger partial charge in [0, 0.05) is 18.6 Å². The van der Waals surface area contributed by atoms with E-state index < -0.39 is 17.8 Å². The summed E-state index contributed by atoms with van der Waals surface area (Å²) in [5.41, 5.74) is -0.613. The number of carboxylic acid groups (broad SMARTS) is 1. The van der Waals surface area contributed by atoms with Crippen LogP contribution in [0.5, 0.6) is 11.6 Å². The zero-order valence-electron chi connectivity index (χ0n) is 17.2. The Labute approximate surface area is 193 Å². The van der Waals surface area contributed by atoms with Gasteiger partial charge in [-0.25, -0.2) is 19.7 Å². The minimum Gasteiger partial charge on any atom is -0.465 e. The zero-order chi connectivity index (χ0) is 24.5. The molecule has 2 amide bonds. The fraction of sp³-hybridized carbons (Fsp3) is 0.0952. The number of nitrogens with one attached hydrogen (secondary N) is 2. The number of halogens is 3. The van der Waals surface area contributed by atoms with Gasteiger partial charge >= 0.3 is 12.3 Å². The zero-order valence-corrected chi connectivity index (χ0v) is 18.0. The molecule has 9 nitrogen and oxygen atoms in total. The van der Waals surface area contributed by atoms with E-state index in [4.69, 9.17) is 9.84 Å². The Morgan fingerprint density at radius 2 is 1.88 bits per heavy atom.